The van der Waals surface area contributed by atoms with E-state index >= 15 is 0 Å². The van der Waals surface area contributed by atoms with Crippen LogP contribution < -0.4 is 5.32 Å². The molecule has 0 spiro atoms. The van der Waals surface area contributed by atoms with Gasteiger partial charge in [-0.3, -0.25) is 19.4 Å². The monoisotopic (exact) mass is 622 g/mol. The van der Waals surface area contributed by atoms with E-state index in [9.17, 15) is 38.9 Å². The zero-order chi connectivity index (χ0) is 31.5. The fourth-order valence-corrected chi connectivity index (χ4v) is 7.20. The summed E-state index contributed by atoms with van der Waals surface area (Å²) in [6.45, 7) is 5.01. The van der Waals surface area contributed by atoms with E-state index < -0.39 is 47.5 Å². The Hall–Kier alpha value is -3.85. The van der Waals surface area contributed by atoms with Gasteiger partial charge in [0.2, 0.25) is 12.5 Å². The number of carboxylic acids is 2. The summed E-state index contributed by atoms with van der Waals surface area (Å²) >= 11 is 1.59. The van der Waals surface area contributed by atoms with Crippen molar-refractivity contribution in [2.75, 3.05) is 32.8 Å². The van der Waals surface area contributed by atoms with Gasteiger partial charge < -0.3 is 30.6 Å². The Morgan fingerprint density at radius 2 is 1.91 bits per heavy atom. The quantitative estimate of drug-likeness (QED) is 0.0993. The Kier molecular flexibility index (Phi) is 9.85. The van der Waals surface area contributed by atoms with Crippen molar-refractivity contribution in [1.29, 1.82) is 0 Å². The zero-order valence-electron chi connectivity index (χ0n) is 23.8. The highest BCUT2D eigenvalue weighted by atomic mass is 32.2. The lowest BCUT2D eigenvalue weighted by molar-refractivity contribution is -0.146. The van der Waals surface area contributed by atoms with Gasteiger partial charge in [-0.1, -0.05) is 18.5 Å². The number of oxime groups is 1. The number of carbonyl (C=O) groups is 4. The van der Waals surface area contributed by atoms with Crippen LogP contribution >= 0.6 is 11.8 Å². The summed E-state index contributed by atoms with van der Waals surface area (Å²) in [5.41, 5.74) is -0.218. The van der Waals surface area contributed by atoms with E-state index in [0.29, 0.717) is 44.5 Å². The molecule has 0 saturated carbocycles. The maximum absolute atomic E-state index is 14.1. The molecule has 15 heteroatoms. The van der Waals surface area contributed by atoms with Crippen LogP contribution in [0, 0.1) is 11.2 Å². The third-order valence-corrected chi connectivity index (χ3v) is 9.48. The number of rotatable bonds is 12. The molecule has 2 fully saturated rings. The highest BCUT2D eigenvalue weighted by molar-refractivity contribution is 8.00. The van der Waals surface area contributed by atoms with E-state index in [1.807, 2.05) is 13.8 Å². The summed E-state index contributed by atoms with van der Waals surface area (Å²) in [6.07, 6.45) is 3.31. The molecule has 234 valence electrons. The number of phenols is 2. The molecule has 43 heavy (non-hydrogen) atoms. The van der Waals surface area contributed by atoms with E-state index in [0.717, 1.165) is 25.0 Å². The van der Waals surface area contributed by atoms with Gasteiger partial charge in [-0.05, 0) is 62.4 Å². The summed E-state index contributed by atoms with van der Waals surface area (Å²) in [7, 11) is 0. The molecular formula is C28H35FN4O9S. The third kappa shape index (κ3) is 7.04. The predicted molar refractivity (Wildman–Crippen MR) is 153 cm³/mol. The topological polar surface area (TPSA) is 189 Å². The maximum Gasteiger partial charge on any atom is 0.352 e. The number of thioether (sulfide) groups is 1. The lowest BCUT2D eigenvalue weighted by Crippen LogP contribution is -2.56. The molecule has 3 aliphatic rings. The van der Waals surface area contributed by atoms with Crippen LogP contribution in [0.25, 0.3) is 0 Å². The highest BCUT2D eigenvalue weighted by Gasteiger charge is 2.48. The largest absolute Gasteiger partial charge is 0.504 e. The van der Waals surface area contributed by atoms with E-state index in [-0.39, 0.29) is 39.8 Å². The molecule has 0 aliphatic carbocycles. The smallest absolute Gasteiger partial charge is 0.352 e. The van der Waals surface area contributed by atoms with E-state index in [1.165, 1.54) is 4.90 Å². The number of phenolic OH excluding ortho intramolecular Hbond substituents is 2. The number of fused-ring (bicyclic) bond motifs is 1. The SMILES string of the molecule is CCCC1(CNC(=O)/C(=N\OCC(=O)O)c2cc(O)c(O)c(F)c2)CCN(CC2=C(C(=O)O)N3C(=O)C[C@H]3S[C@H]2C)CC1. The molecule has 1 aromatic carbocycles. The number of β-lactam (4-membered cyclic amide) rings is 1. The molecule has 2 atom stereocenters. The molecule has 0 radical (unpaired) electrons. The van der Waals surface area contributed by atoms with Crippen molar-refractivity contribution in [3.8, 4) is 11.5 Å². The lowest BCUT2D eigenvalue weighted by atomic mass is 9.74. The van der Waals surface area contributed by atoms with Crippen LogP contribution in [0.15, 0.2) is 28.6 Å². The Labute approximate surface area is 251 Å². The number of nitrogens with zero attached hydrogens (tertiary/aromatic N) is 3. The Morgan fingerprint density at radius 1 is 1.21 bits per heavy atom. The van der Waals surface area contributed by atoms with Gasteiger partial charge in [0.15, 0.2) is 23.0 Å². The van der Waals surface area contributed by atoms with E-state index in [4.69, 9.17) is 9.94 Å². The number of benzene rings is 1. The van der Waals surface area contributed by atoms with E-state index in [1.54, 1.807) is 11.8 Å². The molecule has 2 saturated heterocycles. The molecule has 5 N–H and O–H groups in total. The first-order chi connectivity index (χ1) is 20.4. The number of carboxylic acid groups (broad SMARTS) is 2. The number of likely N-dealkylation sites (tertiary alicyclic amines) is 1. The number of halogens is 1. The number of amides is 2. The minimum Gasteiger partial charge on any atom is -0.504 e. The number of aromatic hydroxyl groups is 2. The van der Waals surface area contributed by atoms with Crippen LogP contribution in [0.1, 0.15) is 51.5 Å². The Morgan fingerprint density at radius 3 is 2.49 bits per heavy atom. The molecule has 1 aromatic rings. The third-order valence-electron chi connectivity index (χ3n) is 8.10. The fraction of sp³-hybridized carbons (Fsp3) is 0.536. The van der Waals surface area contributed by atoms with Gasteiger partial charge in [0.25, 0.3) is 5.91 Å². The van der Waals surface area contributed by atoms with Crippen LogP contribution in [-0.4, -0.2) is 103 Å². The Balaban J connectivity index is 1.46. The van der Waals surface area contributed by atoms with Crippen molar-refractivity contribution in [2.24, 2.45) is 10.6 Å². The summed E-state index contributed by atoms with van der Waals surface area (Å²) in [5.74, 6) is -6.46. The lowest BCUT2D eigenvalue weighted by Gasteiger charge is -2.47. The maximum atomic E-state index is 14.1. The van der Waals surface area contributed by atoms with Crippen molar-refractivity contribution < 1.29 is 48.8 Å². The molecule has 2 amide bonds. The molecule has 3 aliphatic heterocycles. The minimum absolute atomic E-state index is 0.0488. The first kappa shape index (κ1) is 32.1. The molecule has 13 nitrogen and oxygen atoms in total. The molecule has 0 bridgehead atoms. The summed E-state index contributed by atoms with van der Waals surface area (Å²) < 4.78 is 14.1. The number of piperidine rings is 1. The number of hydrogen-bond acceptors (Lipinski definition) is 10. The second-order valence-electron chi connectivity index (χ2n) is 11.0. The zero-order valence-corrected chi connectivity index (χ0v) is 24.7. The van der Waals surface area contributed by atoms with Crippen molar-refractivity contribution in [3.05, 3.63) is 34.8 Å². The van der Waals surface area contributed by atoms with Gasteiger partial charge >= 0.3 is 11.9 Å². The van der Waals surface area contributed by atoms with Crippen molar-refractivity contribution in [1.82, 2.24) is 15.1 Å². The molecule has 0 unspecified atom stereocenters. The van der Waals surface area contributed by atoms with Crippen LogP contribution in [-0.2, 0) is 24.0 Å². The van der Waals surface area contributed by atoms with Gasteiger partial charge in [0.1, 0.15) is 5.70 Å². The normalized spacial score (nSPS) is 22.1. The van der Waals surface area contributed by atoms with Crippen LogP contribution in [0.5, 0.6) is 11.5 Å². The van der Waals surface area contributed by atoms with Gasteiger partial charge in [-0.25, -0.2) is 14.0 Å². The number of carbonyl (C=O) groups excluding carboxylic acids is 2. The van der Waals surface area contributed by atoms with Crippen LogP contribution in [0.3, 0.4) is 0 Å². The average molecular weight is 623 g/mol. The second-order valence-corrected chi connectivity index (χ2v) is 12.5. The summed E-state index contributed by atoms with van der Waals surface area (Å²) in [4.78, 5) is 56.7. The van der Waals surface area contributed by atoms with Crippen LogP contribution in [0.2, 0.25) is 0 Å². The summed E-state index contributed by atoms with van der Waals surface area (Å²) in [5, 5.41) is 44.4. The van der Waals surface area contributed by atoms with Gasteiger partial charge in [0, 0.05) is 23.9 Å². The first-order valence-electron chi connectivity index (χ1n) is 13.9. The average Bonchev–Trinajstić information content (AvgIpc) is 2.94. The van der Waals surface area contributed by atoms with Crippen molar-refractivity contribution in [3.63, 3.8) is 0 Å². The second kappa shape index (κ2) is 13.2. The van der Waals surface area contributed by atoms with Crippen molar-refractivity contribution in [2.45, 2.75) is 56.6 Å². The first-order valence-corrected chi connectivity index (χ1v) is 14.9. The highest BCUT2D eigenvalue weighted by Crippen LogP contribution is 2.44. The molecule has 4 rings (SSSR count). The van der Waals surface area contributed by atoms with Gasteiger partial charge in [-0.2, -0.15) is 0 Å². The minimum atomic E-state index is -1.35. The molecule has 3 heterocycles. The Bertz CT molecular complexity index is 1340. The summed E-state index contributed by atoms with van der Waals surface area (Å²) in [6, 6.07) is 1.69. The van der Waals surface area contributed by atoms with Crippen molar-refractivity contribution >= 4 is 41.2 Å². The molecule has 0 aromatic heterocycles. The number of hydrogen-bond donors (Lipinski definition) is 5. The van der Waals surface area contributed by atoms with E-state index in [2.05, 4.69) is 15.4 Å². The standard InChI is InChI=1S/C28H35FN4O9S/c1-3-4-28(14-30-26(39)23(31-42-13-22(36)37)16-9-18(29)25(38)19(34)10-16)5-7-32(8-6-28)12-17-15(2)43-21-11-20(35)33(21)24(17)27(40)41/h9-10,15,21,34,38H,3-8,11-14H2,1-2H3,(H,30,39)(H,36,37)(H,40,41)/b31-23-/t15-,21+/m0/s1. The predicted octanol–water partition coefficient (Wildman–Crippen LogP) is 2.07. The van der Waals surface area contributed by atoms with Gasteiger partial charge in [-0.15, -0.1) is 11.8 Å². The van der Waals surface area contributed by atoms with Gasteiger partial charge in [0.05, 0.1) is 11.8 Å². The fourth-order valence-electron chi connectivity index (χ4n) is 5.80. The number of aliphatic carboxylic acids is 2. The number of nitrogens with one attached hydrogen (secondary N) is 1. The molecular weight excluding hydrogens is 587 g/mol. The van der Waals surface area contributed by atoms with Crippen LogP contribution in [0.4, 0.5) is 4.39 Å².